The largest absolute Gasteiger partial charge is 1.00 e. The van der Waals surface area contributed by atoms with Gasteiger partial charge in [0, 0.05) is 0 Å². The first-order chi connectivity index (χ1) is 10.4. The third kappa shape index (κ3) is 6.26. The molecule has 0 fully saturated rings. The van der Waals surface area contributed by atoms with Crippen LogP contribution in [0.5, 0.6) is 0 Å². The van der Waals surface area contributed by atoms with Crippen LogP contribution in [0.2, 0.25) is 0 Å². The van der Waals surface area contributed by atoms with E-state index >= 15 is 0 Å². The average Bonchev–Trinajstić information content (AvgIpc) is 2.85. The summed E-state index contributed by atoms with van der Waals surface area (Å²) in [7, 11) is 1.35. The maximum absolute atomic E-state index is 11.0. The van der Waals surface area contributed by atoms with Gasteiger partial charge in [-0.25, -0.2) is 9.57 Å². The van der Waals surface area contributed by atoms with Gasteiger partial charge in [-0.2, -0.15) is 9.43 Å². The second-order valence-electron chi connectivity index (χ2n) is 4.17. The molecule has 0 saturated heterocycles. The Bertz CT molecular complexity index is 705. The maximum atomic E-state index is 11.0. The fraction of sp³-hybridized carbons (Fsp3) is 0.154. The topological polar surface area (TPSA) is 117 Å². The normalized spacial score (nSPS) is 9.75. The van der Waals surface area contributed by atoms with E-state index in [-0.39, 0.29) is 120 Å². The summed E-state index contributed by atoms with van der Waals surface area (Å²) in [6.07, 6.45) is 1.48. The van der Waals surface area contributed by atoms with E-state index in [4.69, 9.17) is 4.33 Å². The van der Waals surface area contributed by atoms with Crippen LogP contribution in [0.4, 0.5) is 0 Å². The van der Waals surface area contributed by atoms with Crippen molar-refractivity contribution in [2.24, 2.45) is 0 Å². The second-order valence-corrected chi connectivity index (χ2v) is 4.91. The molecule has 24 heavy (non-hydrogen) atoms. The summed E-state index contributed by atoms with van der Waals surface area (Å²) >= 11 is 0.921. The summed E-state index contributed by atoms with van der Waals surface area (Å²) in [4.78, 5) is 27.1. The van der Waals surface area contributed by atoms with Gasteiger partial charge in [0.05, 0.1) is 53.6 Å². The van der Waals surface area contributed by atoms with Crippen molar-refractivity contribution in [3.8, 4) is 5.69 Å². The molecule has 0 aliphatic heterocycles. The third-order valence-corrected chi connectivity index (χ3v) is 3.57. The Morgan fingerprint density at radius 2 is 1.67 bits per heavy atom. The molecule has 8 nitrogen and oxygen atoms in total. The first-order valence-corrected chi connectivity index (χ1v) is 6.68. The summed E-state index contributed by atoms with van der Waals surface area (Å²) in [6, 6.07) is 3.48. The molecule has 1 aromatic carbocycles. The van der Waals surface area contributed by atoms with E-state index in [2.05, 4.69) is 9.99 Å². The van der Waals surface area contributed by atoms with Crippen LogP contribution in [-0.2, 0) is 9.22 Å². The van der Waals surface area contributed by atoms with E-state index in [0.29, 0.717) is 10.6 Å². The van der Waals surface area contributed by atoms with Gasteiger partial charge in [-0.05, 0) is 36.2 Å². The third-order valence-electron chi connectivity index (χ3n) is 2.79. The summed E-state index contributed by atoms with van der Waals surface area (Å²) in [5.41, 5.74) is 0.299. The Morgan fingerprint density at radius 1 is 1.12 bits per heavy atom. The Labute approximate surface area is 227 Å². The van der Waals surface area contributed by atoms with E-state index < -0.39 is 11.9 Å². The molecule has 2 aromatic rings. The minimum absolute atomic E-state index is 0. The van der Waals surface area contributed by atoms with Gasteiger partial charge in [0.1, 0.15) is 0 Å². The molecule has 0 atom stereocenters. The van der Waals surface area contributed by atoms with Gasteiger partial charge in [-0.15, -0.1) is 0 Å². The van der Waals surface area contributed by atoms with Crippen molar-refractivity contribution in [1.82, 2.24) is 9.78 Å². The van der Waals surface area contributed by atoms with Gasteiger partial charge in [-0.3, -0.25) is 0 Å². The van der Waals surface area contributed by atoms with E-state index in [9.17, 15) is 19.8 Å². The molecule has 1 heterocycles. The number of hydrogen-bond acceptors (Lipinski definition) is 8. The summed E-state index contributed by atoms with van der Waals surface area (Å²) in [5, 5.41) is 26.1. The Hall–Kier alpha value is 0.913. The van der Waals surface area contributed by atoms with Gasteiger partial charge < -0.3 is 19.8 Å². The van der Waals surface area contributed by atoms with Crippen molar-refractivity contribution in [2.45, 2.75) is 11.8 Å². The molecule has 0 spiro atoms. The van der Waals surface area contributed by atoms with E-state index in [0.717, 1.165) is 18.1 Å². The van der Waals surface area contributed by atoms with Gasteiger partial charge in [-0.1, -0.05) is 0 Å². The van der Waals surface area contributed by atoms with Crippen molar-refractivity contribution in [2.75, 3.05) is 7.11 Å². The fourth-order valence-corrected chi connectivity index (χ4v) is 2.22. The molecular weight excluding hydrogens is 390 g/mol. The number of carboxylic acids is 2. The first kappa shape index (κ1) is 24.9. The quantitative estimate of drug-likeness (QED) is 0.203. The molecule has 0 bridgehead atoms. The SMILES string of the molecule is COOSc1cnn(-c2cc(C(=O)[O-])cc(C(=O)[O-])c2)c1C.[K+].[K+]. The van der Waals surface area contributed by atoms with Gasteiger partial charge in [0.15, 0.2) is 0 Å². The Balaban J connectivity index is 0.00000264. The van der Waals surface area contributed by atoms with Gasteiger partial charge >= 0.3 is 103 Å². The molecule has 0 N–H and O–H groups in total. The minimum Gasteiger partial charge on any atom is -0.545 e. The van der Waals surface area contributed by atoms with Crippen molar-refractivity contribution < 1.29 is 132 Å². The molecule has 11 heteroatoms. The Morgan fingerprint density at radius 3 is 2.12 bits per heavy atom. The molecular formula is C13H10K2N2O6S. The van der Waals surface area contributed by atoms with Crippen molar-refractivity contribution >= 4 is 24.0 Å². The number of benzene rings is 1. The number of rotatable bonds is 6. The van der Waals surface area contributed by atoms with Crippen LogP contribution in [0.25, 0.3) is 5.69 Å². The number of hydrogen-bond donors (Lipinski definition) is 0. The van der Waals surface area contributed by atoms with Crippen LogP contribution in [0.3, 0.4) is 0 Å². The molecule has 0 unspecified atom stereocenters. The first-order valence-electron chi connectivity index (χ1n) is 5.94. The smallest absolute Gasteiger partial charge is 0.545 e. The summed E-state index contributed by atoms with van der Waals surface area (Å²) in [5.74, 6) is -2.99. The van der Waals surface area contributed by atoms with Gasteiger partial charge in [0.25, 0.3) is 0 Å². The van der Waals surface area contributed by atoms with E-state index in [1.54, 1.807) is 6.92 Å². The fourth-order valence-electron chi connectivity index (χ4n) is 1.78. The summed E-state index contributed by atoms with van der Waals surface area (Å²) < 4.78 is 6.10. The monoisotopic (exact) mass is 400 g/mol. The van der Waals surface area contributed by atoms with Crippen LogP contribution in [-0.4, -0.2) is 28.8 Å². The molecule has 116 valence electrons. The number of carbonyl (C=O) groups excluding carboxylic acids is 2. The summed E-state index contributed by atoms with van der Waals surface area (Å²) in [6.45, 7) is 1.71. The van der Waals surface area contributed by atoms with Crippen molar-refractivity contribution in [1.29, 1.82) is 0 Å². The van der Waals surface area contributed by atoms with E-state index in [1.165, 1.54) is 30.1 Å². The zero-order valence-corrected chi connectivity index (χ0v) is 20.6. The zero-order chi connectivity index (χ0) is 16.3. The molecule has 0 amide bonds. The van der Waals surface area contributed by atoms with Crippen LogP contribution in [0.1, 0.15) is 26.4 Å². The number of nitrogens with zero attached hydrogens (tertiary/aromatic N) is 2. The molecule has 1 aromatic heterocycles. The zero-order valence-electron chi connectivity index (χ0n) is 13.6. The van der Waals surface area contributed by atoms with Crippen LogP contribution >= 0.6 is 12.0 Å². The maximum Gasteiger partial charge on any atom is 1.00 e. The van der Waals surface area contributed by atoms with Crippen molar-refractivity contribution in [3.63, 3.8) is 0 Å². The number of carbonyl (C=O) groups is 2. The molecule has 0 saturated carbocycles. The standard InChI is InChI=1S/C13H12N2O6S.2K/c1-7-11(22-21-20-2)6-14-15(7)10-4-8(12(16)17)3-9(5-10)13(18)19;;/h3-6H,1-2H3,(H,16,17)(H,18,19);;/q;2*+1/p-2. The molecule has 0 aliphatic carbocycles. The Kier molecular flexibility index (Phi) is 12.0. The number of carboxylic acid groups (broad SMARTS) is 2. The molecule has 0 aliphatic rings. The van der Waals surface area contributed by atoms with Crippen LogP contribution in [0, 0.1) is 6.92 Å². The van der Waals surface area contributed by atoms with Crippen molar-refractivity contribution in [3.05, 3.63) is 41.2 Å². The average molecular weight is 400 g/mol. The van der Waals surface area contributed by atoms with Crippen LogP contribution < -0.4 is 113 Å². The number of aromatic carboxylic acids is 2. The molecule has 2 rings (SSSR count). The number of aromatic nitrogens is 2. The molecule has 0 radical (unpaired) electrons. The predicted molar refractivity (Wildman–Crippen MR) is 70.9 cm³/mol. The van der Waals surface area contributed by atoms with Crippen LogP contribution in [0.15, 0.2) is 29.3 Å². The minimum atomic E-state index is -1.49. The van der Waals surface area contributed by atoms with Gasteiger partial charge in [0.2, 0.25) is 0 Å². The van der Waals surface area contributed by atoms with E-state index in [1.807, 2.05) is 0 Å². The second kappa shape index (κ2) is 11.6. The predicted octanol–water partition coefficient (Wildman–Crippen LogP) is -6.50.